The van der Waals surface area contributed by atoms with Crippen LogP contribution < -0.4 is 0 Å². The van der Waals surface area contributed by atoms with E-state index < -0.39 is 14.0 Å². The molecule has 1 saturated heterocycles. The van der Waals surface area contributed by atoms with E-state index in [2.05, 4.69) is 47.6 Å². The average molecular weight is 719 g/mol. The molecule has 1 heterocycles. The zero-order valence-corrected chi connectivity index (χ0v) is 33.0. The van der Waals surface area contributed by atoms with Gasteiger partial charge in [-0.05, 0) is 71.1 Å². The molecule has 1 unspecified atom stereocenters. The first-order valence-corrected chi connectivity index (χ1v) is 21.8. The van der Waals surface area contributed by atoms with Crippen molar-refractivity contribution in [2.75, 3.05) is 19.8 Å². The van der Waals surface area contributed by atoms with Crippen LogP contribution in [0.1, 0.15) is 201 Å². The van der Waals surface area contributed by atoms with E-state index in [0.717, 1.165) is 13.2 Å². The number of phosphoric acid groups is 1. The van der Waals surface area contributed by atoms with Crippen molar-refractivity contribution in [3.05, 3.63) is 24.3 Å². The van der Waals surface area contributed by atoms with Gasteiger partial charge in [-0.1, -0.05) is 154 Å². The van der Waals surface area contributed by atoms with E-state index in [0.29, 0.717) is 6.61 Å². The van der Waals surface area contributed by atoms with Gasteiger partial charge in [0.1, 0.15) is 12.7 Å². The lowest BCUT2D eigenvalue weighted by Gasteiger charge is -2.05. The Labute approximate surface area is 302 Å². The van der Waals surface area contributed by atoms with Gasteiger partial charge >= 0.3 is 14.0 Å². The van der Waals surface area contributed by atoms with Gasteiger partial charge in [0.05, 0.1) is 0 Å². The summed E-state index contributed by atoms with van der Waals surface area (Å²) in [5.74, 6) is 0. The standard InChI is InChI=1S/C36H70O.C4H6O3.H3O4P/c1-3-5-7-9-11-13-15-17-19-21-23-25-27-29-31-33-35-37-36-34-32-30-28-26-24-22-20-18-16-14-12-10-8-6-4-2;1-3-2-6-4(5)7-3;1-5(2,3)4/h17-20H,3-16,21-36H2,1-2H3;3H,2H2,1H3;(H3,1,2,3,4). The van der Waals surface area contributed by atoms with Crippen LogP contribution in [0.3, 0.4) is 0 Å². The quantitative estimate of drug-likeness (QED) is 0.0272. The van der Waals surface area contributed by atoms with Crippen LogP contribution >= 0.6 is 7.82 Å². The van der Waals surface area contributed by atoms with Crippen LogP contribution in [0.25, 0.3) is 0 Å². The first-order chi connectivity index (χ1) is 23.7. The van der Waals surface area contributed by atoms with Crippen molar-refractivity contribution in [1.82, 2.24) is 0 Å². The molecule has 1 aliphatic heterocycles. The van der Waals surface area contributed by atoms with Gasteiger partial charge in [-0.15, -0.1) is 0 Å². The maximum atomic E-state index is 10.0. The second-order valence-corrected chi connectivity index (χ2v) is 14.5. The van der Waals surface area contributed by atoms with E-state index in [-0.39, 0.29) is 6.10 Å². The number of rotatable bonds is 32. The molecule has 0 aromatic carbocycles. The monoisotopic (exact) mass is 719 g/mol. The number of unbranched alkanes of at least 4 members (excludes halogenated alkanes) is 24. The zero-order valence-electron chi connectivity index (χ0n) is 32.1. The lowest BCUT2D eigenvalue weighted by atomic mass is 10.1. The van der Waals surface area contributed by atoms with Gasteiger partial charge in [-0.25, -0.2) is 9.36 Å². The molecule has 8 nitrogen and oxygen atoms in total. The summed E-state index contributed by atoms with van der Waals surface area (Å²) < 4.78 is 23.6. The van der Waals surface area contributed by atoms with Gasteiger partial charge in [0.2, 0.25) is 0 Å². The Balaban J connectivity index is 0. The predicted molar refractivity (Wildman–Crippen MR) is 206 cm³/mol. The van der Waals surface area contributed by atoms with Gasteiger partial charge in [0.25, 0.3) is 0 Å². The molecule has 1 rings (SSSR count). The van der Waals surface area contributed by atoms with Crippen LogP contribution in [0.2, 0.25) is 0 Å². The minimum Gasteiger partial charge on any atom is -0.430 e. The minimum atomic E-state index is -4.64. The second kappa shape index (κ2) is 41.2. The van der Waals surface area contributed by atoms with Crippen molar-refractivity contribution in [2.45, 2.75) is 207 Å². The summed E-state index contributed by atoms with van der Waals surface area (Å²) in [4.78, 5) is 31.6. The maximum absolute atomic E-state index is 10.0. The first-order valence-electron chi connectivity index (χ1n) is 20.2. The third kappa shape index (κ3) is 53.8. The van der Waals surface area contributed by atoms with Crippen molar-refractivity contribution >= 4 is 14.0 Å². The van der Waals surface area contributed by atoms with Crippen molar-refractivity contribution in [3.8, 4) is 0 Å². The topological polar surface area (TPSA) is 123 Å². The molecule has 49 heavy (non-hydrogen) atoms. The molecule has 0 amide bonds. The summed E-state index contributed by atoms with van der Waals surface area (Å²) in [5.41, 5.74) is 0. The molecule has 292 valence electrons. The Morgan fingerprint density at radius 3 is 1.10 bits per heavy atom. The largest absolute Gasteiger partial charge is 0.508 e. The van der Waals surface area contributed by atoms with E-state index in [1.54, 1.807) is 6.92 Å². The number of hydrogen-bond acceptors (Lipinski definition) is 5. The van der Waals surface area contributed by atoms with Crippen LogP contribution in [0.15, 0.2) is 24.3 Å². The molecule has 0 aliphatic carbocycles. The highest BCUT2D eigenvalue weighted by atomic mass is 31.2. The second-order valence-electron chi connectivity index (χ2n) is 13.5. The molecule has 1 fully saturated rings. The highest BCUT2D eigenvalue weighted by Gasteiger charge is 2.19. The first kappa shape index (κ1) is 49.9. The predicted octanol–water partition coefficient (Wildman–Crippen LogP) is 12.7. The molecule has 0 aromatic heterocycles. The third-order valence-electron chi connectivity index (χ3n) is 8.33. The highest BCUT2D eigenvalue weighted by Crippen LogP contribution is 2.25. The van der Waals surface area contributed by atoms with Gasteiger partial charge in [0, 0.05) is 13.2 Å². The van der Waals surface area contributed by atoms with Gasteiger partial charge in [-0.3, -0.25) is 0 Å². The molecule has 0 spiro atoms. The Morgan fingerprint density at radius 2 is 0.857 bits per heavy atom. The molecule has 3 N–H and O–H groups in total. The fourth-order valence-electron chi connectivity index (χ4n) is 5.42. The third-order valence-corrected chi connectivity index (χ3v) is 8.33. The molecule has 0 saturated carbocycles. The molecule has 1 atom stereocenters. The van der Waals surface area contributed by atoms with E-state index in [1.807, 2.05) is 0 Å². The summed E-state index contributed by atoms with van der Waals surface area (Å²) in [5, 5.41) is 0. The molecule has 0 radical (unpaired) electrons. The summed E-state index contributed by atoms with van der Waals surface area (Å²) in [6.07, 6.45) is 47.5. The maximum Gasteiger partial charge on any atom is 0.508 e. The number of allylic oxidation sites excluding steroid dienone is 4. The van der Waals surface area contributed by atoms with E-state index >= 15 is 0 Å². The Bertz CT molecular complexity index is 719. The molecule has 0 bridgehead atoms. The average Bonchev–Trinajstić information content (AvgIpc) is 3.44. The molecule has 1 aliphatic rings. The molecule has 0 aromatic rings. The van der Waals surface area contributed by atoms with E-state index in [4.69, 9.17) is 24.0 Å². The van der Waals surface area contributed by atoms with Gasteiger partial charge in [0.15, 0.2) is 0 Å². The van der Waals surface area contributed by atoms with Crippen LogP contribution in [0, 0.1) is 0 Å². The summed E-state index contributed by atoms with van der Waals surface area (Å²) in [6.45, 7) is 8.72. The van der Waals surface area contributed by atoms with E-state index in [9.17, 15) is 4.79 Å². The SMILES string of the molecule is CC1COC(=O)O1.CCCCCCCCC=CCCCCCCCCOCCCCCCCCC=CCCCCCCCC.O=P(O)(O)O. The Kier molecular flexibility index (Phi) is 42.0. The highest BCUT2D eigenvalue weighted by molar-refractivity contribution is 7.45. The lowest BCUT2D eigenvalue weighted by Crippen LogP contribution is -2.01. The molecular formula is C40H79O8P. The summed E-state index contributed by atoms with van der Waals surface area (Å²) in [7, 11) is -4.64. The zero-order chi connectivity index (χ0) is 36.5. The number of carbonyl (C=O) groups is 1. The van der Waals surface area contributed by atoms with E-state index in [1.165, 1.54) is 180 Å². The minimum absolute atomic E-state index is 0.0486. The van der Waals surface area contributed by atoms with Gasteiger partial charge < -0.3 is 28.9 Å². The fourth-order valence-corrected chi connectivity index (χ4v) is 5.42. The van der Waals surface area contributed by atoms with Crippen molar-refractivity contribution in [1.29, 1.82) is 0 Å². The van der Waals surface area contributed by atoms with Crippen molar-refractivity contribution in [2.24, 2.45) is 0 Å². The van der Waals surface area contributed by atoms with Crippen molar-refractivity contribution < 1.29 is 38.3 Å². The normalized spacial score (nSPS) is 14.4. The Hall–Kier alpha value is -1.18. The fraction of sp³-hybridized carbons (Fsp3) is 0.875. The summed E-state index contributed by atoms with van der Waals surface area (Å²) in [6, 6.07) is 0. The van der Waals surface area contributed by atoms with Crippen LogP contribution in [0.4, 0.5) is 4.79 Å². The number of carbonyl (C=O) groups excluding carboxylic acids is 1. The Morgan fingerprint density at radius 1 is 0.571 bits per heavy atom. The van der Waals surface area contributed by atoms with Crippen LogP contribution in [-0.4, -0.2) is 46.8 Å². The number of cyclic esters (lactones) is 2. The van der Waals surface area contributed by atoms with Crippen molar-refractivity contribution in [3.63, 3.8) is 0 Å². The number of hydrogen-bond donors (Lipinski definition) is 3. The molecule has 9 heteroatoms. The van der Waals surface area contributed by atoms with Crippen LogP contribution in [-0.2, 0) is 18.8 Å². The van der Waals surface area contributed by atoms with Crippen LogP contribution in [0.5, 0.6) is 0 Å². The molecular weight excluding hydrogens is 639 g/mol. The smallest absolute Gasteiger partial charge is 0.430 e. The summed E-state index contributed by atoms with van der Waals surface area (Å²) >= 11 is 0. The van der Waals surface area contributed by atoms with Gasteiger partial charge in [-0.2, -0.15) is 0 Å². The number of ether oxygens (including phenoxy) is 3. The lowest BCUT2D eigenvalue weighted by molar-refractivity contribution is 0.121.